The number of carbonyl (C=O) groups is 1. The molecule has 48 valence electrons. The summed E-state index contributed by atoms with van der Waals surface area (Å²) < 4.78 is 4.41. The van der Waals surface area contributed by atoms with Crippen molar-refractivity contribution in [1.82, 2.24) is 0 Å². The molecular formula is C4H12O2Si2. The van der Waals surface area contributed by atoms with Crippen LogP contribution in [0.3, 0.4) is 0 Å². The first kappa shape index (κ1) is 10.6. The molecule has 0 rings (SSSR count). The van der Waals surface area contributed by atoms with E-state index in [2.05, 4.69) is 11.0 Å². The molecule has 4 heteroatoms. The Labute approximate surface area is 56.5 Å². The Balaban J connectivity index is 0. The number of carbonyl (C=O) groups excluding carboxylic acids is 1. The highest BCUT2D eigenvalue weighted by molar-refractivity contribution is 6.08. The van der Waals surface area contributed by atoms with E-state index in [1.54, 1.807) is 6.92 Å². The lowest BCUT2D eigenvalue weighted by atomic mass is 10.4. The van der Waals surface area contributed by atoms with Gasteiger partial charge in [-0.3, -0.25) is 0 Å². The summed E-state index contributed by atoms with van der Waals surface area (Å²) in [6.07, 6.45) is 0. The summed E-state index contributed by atoms with van der Waals surface area (Å²) >= 11 is 0. The van der Waals surface area contributed by atoms with Gasteiger partial charge in [-0.25, -0.2) is 4.79 Å². The van der Waals surface area contributed by atoms with Gasteiger partial charge in [0.25, 0.3) is 0 Å². The van der Waals surface area contributed by atoms with E-state index in [9.17, 15) is 4.79 Å². The van der Waals surface area contributed by atoms with Crippen LogP contribution in [0.4, 0.5) is 0 Å². The zero-order valence-corrected chi connectivity index (χ0v) is 6.52. The maximum Gasteiger partial charge on any atom is 0.319 e. The van der Waals surface area contributed by atoms with Crippen molar-refractivity contribution in [3.8, 4) is 0 Å². The number of rotatable bonds is 1. The van der Waals surface area contributed by atoms with E-state index in [4.69, 9.17) is 0 Å². The molecule has 0 amide bonds. The second kappa shape index (κ2) is 4.79. The molecule has 0 N–H and O–H groups in total. The average molecular weight is 148 g/mol. The smallest absolute Gasteiger partial charge is 0.319 e. The molecule has 0 bridgehead atoms. The molecule has 0 aliphatic carbocycles. The Morgan fingerprint density at radius 1 is 1.75 bits per heavy atom. The summed E-state index contributed by atoms with van der Waals surface area (Å²) in [7, 11) is 0.460. The quantitative estimate of drug-likeness (QED) is 0.316. The summed E-state index contributed by atoms with van der Waals surface area (Å²) in [4.78, 5) is 10.2. The third-order valence-corrected chi connectivity index (χ3v) is 0.905. The van der Waals surface area contributed by atoms with Gasteiger partial charge in [0.15, 0.2) is 0 Å². The van der Waals surface area contributed by atoms with Crippen molar-refractivity contribution in [3.05, 3.63) is 12.2 Å². The van der Waals surface area contributed by atoms with Gasteiger partial charge in [0.2, 0.25) is 10.5 Å². The van der Waals surface area contributed by atoms with E-state index >= 15 is 0 Å². The van der Waals surface area contributed by atoms with Crippen LogP contribution in [0.5, 0.6) is 0 Å². The number of hydrogen-bond donors (Lipinski definition) is 0. The van der Waals surface area contributed by atoms with Crippen molar-refractivity contribution >= 4 is 27.4 Å². The average Bonchev–Trinajstić information content (AvgIpc) is 1.65. The van der Waals surface area contributed by atoms with Gasteiger partial charge < -0.3 is 4.43 Å². The maximum absolute atomic E-state index is 10.2. The largest absolute Gasteiger partial charge is 0.526 e. The summed E-state index contributed by atoms with van der Waals surface area (Å²) in [5, 5.41) is 0. The molecule has 0 aromatic carbocycles. The van der Waals surface area contributed by atoms with Crippen LogP contribution >= 0.6 is 0 Å². The van der Waals surface area contributed by atoms with Crippen molar-refractivity contribution in [3.63, 3.8) is 0 Å². The Kier molecular flexibility index (Phi) is 6.35. The van der Waals surface area contributed by atoms with Crippen LogP contribution in [-0.2, 0) is 9.22 Å². The van der Waals surface area contributed by atoms with Gasteiger partial charge in [-0.2, -0.15) is 0 Å². The molecule has 0 radical (unpaired) electrons. The van der Waals surface area contributed by atoms with Gasteiger partial charge in [-0.1, -0.05) is 6.58 Å². The van der Waals surface area contributed by atoms with E-state index in [1.807, 2.05) is 0 Å². The van der Waals surface area contributed by atoms with Crippen LogP contribution < -0.4 is 0 Å². The van der Waals surface area contributed by atoms with E-state index in [0.717, 1.165) is 0 Å². The Morgan fingerprint density at radius 2 is 2.12 bits per heavy atom. The molecule has 0 fully saturated rings. The molecule has 8 heavy (non-hydrogen) atoms. The van der Waals surface area contributed by atoms with Crippen LogP contribution in [0, 0.1) is 0 Å². The minimum Gasteiger partial charge on any atom is -0.526 e. The molecule has 0 heterocycles. The van der Waals surface area contributed by atoms with Gasteiger partial charge in [0.05, 0.1) is 0 Å². The van der Waals surface area contributed by atoms with Crippen molar-refractivity contribution in [2.45, 2.75) is 6.92 Å². The van der Waals surface area contributed by atoms with Crippen molar-refractivity contribution in [2.24, 2.45) is 0 Å². The predicted octanol–water partition coefficient (Wildman–Crippen LogP) is -2.07. The maximum atomic E-state index is 10.2. The first-order chi connectivity index (χ1) is 3.18. The van der Waals surface area contributed by atoms with E-state index in [-0.39, 0.29) is 16.9 Å². The van der Waals surface area contributed by atoms with Crippen molar-refractivity contribution < 1.29 is 9.22 Å². The summed E-state index contributed by atoms with van der Waals surface area (Å²) in [6.45, 7) is 5.00. The highest BCUT2D eigenvalue weighted by atomic mass is 28.2. The SMILES string of the molecule is C=C(C)C(=O)O[SiH3].[SiH4]. The molecule has 0 aromatic heterocycles. The minimum absolute atomic E-state index is 0. The van der Waals surface area contributed by atoms with Crippen LogP contribution in [0.25, 0.3) is 0 Å². The minimum atomic E-state index is -0.285. The fraction of sp³-hybridized carbons (Fsp3) is 0.250. The molecule has 0 unspecified atom stereocenters. The van der Waals surface area contributed by atoms with Crippen molar-refractivity contribution in [1.29, 1.82) is 0 Å². The Hall–Kier alpha value is -0.356. The fourth-order valence-corrected chi connectivity index (χ4v) is 0.523. The van der Waals surface area contributed by atoms with Crippen LogP contribution in [-0.4, -0.2) is 27.4 Å². The second-order valence-electron chi connectivity index (χ2n) is 1.27. The molecule has 0 aliphatic rings. The highest BCUT2D eigenvalue weighted by Crippen LogP contribution is 1.86. The zero-order valence-electron chi connectivity index (χ0n) is 4.52. The van der Waals surface area contributed by atoms with Gasteiger partial charge in [-0.05, 0) is 17.9 Å². The van der Waals surface area contributed by atoms with Crippen LogP contribution in [0.15, 0.2) is 12.2 Å². The predicted molar refractivity (Wildman–Crippen MR) is 42.2 cm³/mol. The topological polar surface area (TPSA) is 26.3 Å². The molecule has 0 spiro atoms. The summed E-state index contributed by atoms with van der Waals surface area (Å²) in [6, 6.07) is 0. The number of hydrogen-bond acceptors (Lipinski definition) is 2. The molecule has 0 saturated heterocycles. The fourth-order valence-electron chi connectivity index (χ4n) is 0.174. The summed E-state index contributed by atoms with van der Waals surface area (Å²) in [5.41, 5.74) is 0.468. The normalized spacial score (nSPS) is 7.12. The Bertz CT molecular complexity index is 100. The lowest BCUT2D eigenvalue weighted by Crippen LogP contribution is -2.00. The van der Waals surface area contributed by atoms with E-state index in [0.29, 0.717) is 16.1 Å². The molecule has 0 aliphatic heterocycles. The standard InChI is InChI=1S/C4H8O2Si.H4Si/c1-3(2)4(5)6-7;/h1H2,2,7H3;1H4. The highest BCUT2D eigenvalue weighted by Gasteiger charge is 1.94. The monoisotopic (exact) mass is 148 g/mol. The van der Waals surface area contributed by atoms with Gasteiger partial charge in [0.1, 0.15) is 0 Å². The zero-order chi connectivity index (χ0) is 5.86. The van der Waals surface area contributed by atoms with Crippen molar-refractivity contribution in [2.75, 3.05) is 0 Å². The van der Waals surface area contributed by atoms with Crippen LogP contribution in [0.2, 0.25) is 0 Å². The summed E-state index contributed by atoms with van der Waals surface area (Å²) in [5.74, 6) is -0.285. The Morgan fingerprint density at radius 3 is 2.12 bits per heavy atom. The molecule has 0 saturated carbocycles. The van der Waals surface area contributed by atoms with Crippen LogP contribution in [0.1, 0.15) is 6.92 Å². The van der Waals surface area contributed by atoms with Gasteiger partial charge in [0, 0.05) is 5.57 Å². The molecule has 2 nitrogen and oxygen atoms in total. The van der Waals surface area contributed by atoms with Gasteiger partial charge >= 0.3 is 5.97 Å². The molecular weight excluding hydrogens is 136 g/mol. The lowest BCUT2D eigenvalue weighted by Gasteiger charge is -1.92. The first-order valence-corrected chi connectivity index (χ1v) is 2.74. The molecule has 0 aromatic rings. The van der Waals surface area contributed by atoms with E-state index < -0.39 is 0 Å². The first-order valence-electron chi connectivity index (χ1n) is 1.92. The van der Waals surface area contributed by atoms with Gasteiger partial charge in [-0.15, -0.1) is 0 Å². The lowest BCUT2D eigenvalue weighted by molar-refractivity contribution is -0.129. The van der Waals surface area contributed by atoms with E-state index in [1.165, 1.54) is 0 Å². The third-order valence-electron chi connectivity index (χ3n) is 0.534. The third kappa shape index (κ3) is 3.82. The molecule has 0 atom stereocenters. The second-order valence-corrected chi connectivity index (χ2v) is 1.68.